The molecule has 24 heavy (non-hydrogen) atoms. The van der Waals surface area contributed by atoms with Crippen LogP contribution in [0, 0.1) is 0 Å². The summed E-state index contributed by atoms with van der Waals surface area (Å²) in [6.07, 6.45) is 3.12. The molecule has 0 amide bonds. The van der Waals surface area contributed by atoms with Crippen molar-refractivity contribution >= 4 is 11.2 Å². The highest BCUT2D eigenvalue weighted by Crippen LogP contribution is 2.11. The lowest BCUT2D eigenvalue weighted by atomic mass is 10.2. The molecule has 0 fully saturated rings. The third-order valence-electron chi connectivity index (χ3n) is 3.84. The zero-order valence-electron chi connectivity index (χ0n) is 12.7. The summed E-state index contributed by atoms with van der Waals surface area (Å²) in [5.74, 6) is 0.703. The van der Waals surface area contributed by atoms with Crippen molar-refractivity contribution in [2.24, 2.45) is 0 Å². The summed E-state index contributed by atoms with van der Waals surface area (Å²) in [5.41, 5.74) is 0.734. The number of nitrogens with one attached hydrogen (secondary N) is 1. The van der Waals surface area contributed by atoms with E-state index in [0.717, 1.165) is 5.56 Å². The number of aromatic amines is 1. The Morgan fingerprint density at radius 3 is 2.62 bits per heavy atom. The summed E-state index contributed by atoms with van der Waals surface area (Å²) in [6.45, 7) is 0.709. The van der Waals surface area contributed by atoms with Crippen molar-refractivity contribution < 1.29 is 4.42 Å². The van der Waals surface area contributed by atoms with Crippen molar-refractivity contribution in [1.29, 1.82) is 0 Å². The standard InChI is InChI=1S/C17H14N4O3/c22-16-14-15(18-11-20(14)10-13-7-4-8-24-13)21(17(23)19-16)9-12-5-2-1-3-6-12/h1-8,11H,9-10H2,(H,19,22,23). The summed E-state index contributed by atoms with van der Waals surface area (Å²) >= 11 is 0. The molecule has 0 saturated carbocycles. The Morgan fingerprint density at radius 1 is 1.04 bits per heavy atom. The molecule has 4 aromatic rings. The van der Waals surface area contributed by atoms with Crippen LogP contribution in [0.5, 0.6) is 0 Å². The molecule has 0 aliphatic heterocycles. The number of hydrogen-bond donors (Lipinski definition) is 1. The van der Waals surface area contributed by atoms with Gasteiger partial charge in [0.05, 0.1) is 25.7 Å². The summed E-state index contributed by atoms with van der Waals surface area (Å²) in [5, 5.41) is 0. The van der Waals surface area contributed by atoms with Crippen LogP contribution >= 0.6 is 0 Å². The van der Waals surface area contributed by atoms with E-state index in [1.165, 1.54) is 4.57 Å². The van der Waals surface area contributed by atoms with Crippen LogP contribution in [0.4, 0.5) is 0 Å². The summed E-state index contributed by atoms with van der Waals surface area (Å²) in [7, 11) is 0. The Labute approximate surface area is 135 Å². The van der Waals surface area contributed by atoms with Crippen LogP contribution in [0.3, 0.4) is 0 Å². The molecule has 0 atom stereocenters. The number of nitrogens with zero attached hydrogens (tertiary/aromatic N) is 3. The van der Waals surface area contributed by atoms with Crippen molar-refractivity contribution in [3.05, 3.63) is 87.2 Å². The van der Waals surface area contributed by atoms with Gasteiger partial charge in [-0.3, -0.25) is 14.3 Å². The first-order valence-corrected chi connectivity index (χ1v) is 7.46. The minimum atomic E-state index is -0.473. The van der Waals surface area contributed by atoms with E-state index in [2.05, 4.69) is 9.97 Å². The van der Waals surface area contributed by atoms with E-state index in [4.69, 9.17) is 4.42 Å². The monoisotopic (exact) mass is 322 g/mol. The van der Waals surface area contributed by atoms with Gasteiger partial charge in [0.2, 0.25) is 0 Å². The fourth-order valence-corrected chi connectivity index (χ4v) is 2.72. The van der Waals surface area contributed by atoms with E-state index in [1.54, 1.807) is 23.2 Å². The third kappa shape index (κ3) is 2.45. The van der Waals surface area contributed by atoms with E-state index < -0.39 is 11.2 Å². The molecule has 1 aromatic carbocycles. The first-order valence-electron chi connectivity index (χ1n) is 7.46. The number of H-pyrrole nitrogens is 1. The molecule has 120 valence electrons. The smallest absolute Gasteiger partial charge is 0.330 e. The number of hydrogen-bond acceptors (Lipinski definition) is 4. The van der Waals surface area contributed by atoms with Crippen LogP contribution in [0.15, 0.2) is 69.1 Å². The van der Waals surface area contributed by atoms with Crippen LogP contribution in [0.1, 0.15) is 11.3 Å². The van der Waals surface area contributed by atoms with Gasteiger partial charge in [-0.25, -0.2) is 9.78 Å². The predicted octanol–water partition coefficient (Wildman–Crippen LogP) is 1.58. The first kappa shape index (κ1) is 14.3. The van der Waals surface area contributed by atoms with E-state index in [9.17, 15) is 9.59 Å². The topological polar surface area (TPSA) is 85.8 Å². The highest BCUT2D eigenvalue weighted by molar-refractivity contribution is 5.70. The van der Waals surface area contributed by atoms with E-state index in [-0.39, 0.29) is 0 Å². The van der Waals surface area contributed by atoms with Gasteiger partial charge in [0.15, 0.2) is 11.2 Å². The predicted molar refractivity (Wildman–Crippen MR) is 88.0 cm³/mol. The van der Waals surface area contributed by atoms with Crippen LogP contribution in [-0.2, 0) is 13.1 Å². The van der Waals surface area contributed by atoms with E-state index >= 15 is 0 Å². The number of benzene rings is 1. The van der Waals surface area contributed by atoms with Crippen LogP contribution in [0.25, 0.3) is 11.2 Å². The molecule has 3 heterocycles. The maximum absolute atomic E-state index is 12.3. The Balaban J connectivity index is 1.84. The maximum Gasteiger partial charge on any atom is 0.330 e. The van der Waals surface area contributed by atoms with Gasteiger partial charge in [0, 0.05) is 0 Å². The second kappa shape index (κ2) is 5.69. The highest BCUT2D eigenvalue weighted by Gasteiger charge is 2.14. The van der Waals surface area contributed by atoms with Crippen LogP contribution in [0.2, 0.25) is 0 Å². The number of rotatable bonds is 4. The van der Waals surface area contributed by atoms with Crippen molar-refractivity contribution in [3.8, 4) is 0 Å². The summed E-state index contributed by atoms with van der Waals surface area (Å²) in [6, 6.07) is 13.2. The second-order valence-corrected chi connectivity index (χ2v) is 5.46. The van der Waals surface area contributed by atoms with Gasteiger partial charge in [0.25, 0.3) is 5.56 Å². The molecule has 7 nitrogen and oxygen atoms in total. The Bertz CT molecular complexity index is 1090. The molecule has 0 aliphatic rings. The van der Waals surface area contributed by atoms with Crippen molar-refractivity contribution in [2.45, 2.75) is 13.1 Å². The lowest BCUT2D eigenvalue weighted by Crippen LogP contribution is -2.31. The third-order valence-corrected chi connectivity index (χ3v) is 3.84. The Morgan fingerprint density at radius 2 is 1.88 bits per heavy atom. The molecule has 0 bridgehead atoms. The second-order valence-electron chi connectivity index (χ2n) is 5.46. The molecule has 3 aromatic heterocycles. The fraction of sp³-hybridized carbons (Fsp3) is 0.118. The highest BCUT2D eigenvalue weighted by atomic mass is 16.3. The van der Waals surface area contributed by atoms with Crippen molar-refractivity contribution in [2.75, 3.05) is 0 Å². The molecular formula is C17H14N4O3. The summed E-state index contributed by atoms with van der Waals surface area (Å²) in [4.78, 5) is 31.1. The maximum atomic E-state index is 12.3. The number of fused-ring (bicyclic) bond motifs is 1. The molecule has 0 spiro atoms. The van der Waals surface area contributed by atoms with E-state index in [0.29, 0.717) is 30.0 Å². The molecule has 0 radical (unpaired) electrons. The van der Waals surface area contributed by atoms with Gasteiger partial charge in [-0.2, -0.15) is 0 Å². The zero-order valence-corrected chi connectivity index (χ0v) is 12.7. The molecule has 4 rings (SSSR count). The molecule has 1 N–H and O–H groups in total. The first-order chi connectivity index (χ1) is 11.7. The van der Waals surface area contributed by atoms with Crippen molar-refractivity contribution in [3.63, 3.8) is 0 Å². The summed E-state index contributed by atoms with van der Waals surface area (Å²) < 4.78 is 8.45. The fourth-order valence-electron chi connectivity index (χ4n) is 2.72. The molecule has 0 saturated heterocycles. The zero-order chi connectivity index (χ0) is 16.5. The number of aromatic nitrogens is 4. The van der Waals surface area contributed by atoms with Gasteiger partial charge < -0.3 is 8.98 Å². The van der Waals surface area contributed by atoms with Gasteiger partial charge in [-0.05, 0) is 17.7 Å². The molecule has 7 heteroatoms. The van der Waals surface area contributed by atoms with Gasteiger partial charge in [-0.15, -0.1) is 0 Å². The quantitative estimate of drug-likeness (QED) is 0.618. The minimum Gasteiger partial charge on any atom is -0.467 e. The number of imidazole rings is 1. The Hall–Kier alpha value is -3.35. The van der Waals surface area contributed by atoms with Gasteiger partial charge in [-0.1, -0.05) is 30.3 Å². The van der Waals surface area contributed by atoms with Crippen LogP contribution in [-0.4, -0.2) is 19.1 Å². The van der Waals surface area contributed by atoms with E-state index in [1.807, 2.05) is 36.4 Å². The SMILES string of the molecule is O=c1[nH]c(=O)n(Cc2ccccc2)c2ncn(Cc3ccco3)c12. The molecular weight excluding hydrogens is 308 g/mol. The van der Waals surface area contributed by atoms with Gasteiger partial charge in [0.1, 0.15) is 5.76 Å². The van der Waals surface area contributed by atoms with Crippen molar-refractivity contribution in [1.82, 2.24) is 19.1 Å². The average molecular weight is 322 g/mol. The van der Waals surface area contributed by atoms with Crippen LogP contribution < -0.4 is 11.2 Å². The molecule has 0 aliphatic carbocycles. The lowest BCUT2D eigenvalue weighted by Gasteiger charge is -2.07. The average Bonchev–Trinajstić information content (AvgIpc) is 3.23. The molecule has 0 unspecified atom stereocenters. The Kier molecular flexibility index (Phi) is 3.38. The largest absolute Gasteiger partial charge is 0.467 e. The minimum absolute atomic E-state index is 0.338. The van der Waals surface area contributed by atoms with Gasteiger partial charge >= 0.3 is 5.69 Å². The number of furan rings is 1. The normalized spacial score (nSPS) is 11.2. The lowest BCUT2D eigenvalue weighted by molar-refractivity contribution is 0.496.